The number of aryl methyl sites for hydroxylation is 1. The fraction of sp³-hybridized carbons (Fsp3) is 0.231. The summed E-state index contributed by atoms with van der Waals surface area (Å²) in [5.74, 6) is 0. The van der Waals surface area contributed by atoms with Gasteiger partial charge in [-0.05, 0) is 36.6 Å². The van der Waals surface area contributed by atoms with Gasteiger partial charge >= 0.3 is 0 Å². The van der Waals surface area contributed by atoms with Crippen LogP contribution in [0.3, 0.4) is 0 Å². The maximum absolute atomic E-state index is 12.7. The predicted octanol–water partition coefficient (Wildman–Crippen LogP) is 3.04. The molecule has 0 bridgehead atoms. The van der Waals surface area contributed by atoms with Crippen molar-refractivity contribution in [1.82, 2.24) is 0 Å². The first-order valence-electron chi connectivity index (χ1n) is 6.07. The molecule has 7 heteroatoms. The minimum absolute atomic E-state index is 0.260. The molecule has 4 nitrogen and oxygen atoms in total. The van der Waals surface area contributed by atoms with Crippen LogP contribution in [0.5, 0.6) is 0 Å². The largest absolute Gasteiger partial charge is 0.397 e. The van der Waals surface area contributed by atoms with E-state index in [4.69, 9.17) is 17.3 Å². The van der Waals surface area contributed by atoms with Gasteiger partial charge in [0.1, 0.15) is 4.21 Å². The molecular weight excluding hydrogens is 316 g/mol. The van der Waals surface area contributed by atoms with E-state index in [2.05, 4.69) is 0 Å². The van der Waals surface area contributed by atoms with Crippen molar-refractivity contribution in [1.29, 1.82) is 0 Å². The van der Waals surface area contributed by atoms with Crippen LogP contribution in [0.2, 0.25) is 4.34 Å². The van der Waals surface area contributed by atoms with Crippen molar-refractivity contribution in [3.05, 3.63) is 39.7 Å². The number of fused-ring (bicyclic) bond motifs is 1. The Balaban J connectivity index is 2.12. The second-order valence-corrected chi connectivity index (χ2v) is 8.45. The molecule has 1 aliphatic heterocycles. The monoisotopic (exact) mass is 328 g/mol. The quantitative estimate of drug-likeness (QED) is 0.862. The lowest BCUT2D eigenvalue weighted by molar-refractivity contribution is 0.594. The molecule has 0 saturated carbocycles. The van der Waals surface area contributed by atoms with Gasteiger partial charge in [-0.15, -0.1) is 11.3 Å². The molecule has 0 saturated heterocycles. The molecular formula is C13H13ClN2O2S2. The molecule has 0 amide bonds. The average molecular weight is 329 g/mol. The normalized spacial score (nSPS) is 14.6. The van der Waals surface area contributed by atoms with Gasteiger partial charge in [0, 0.05) is 6.54 Å². The molecule has 2 N–H and O–H groups in total. The summed E-state index contributed by atoms with van der Waals surface area (Å²) in [6, 6.07) is 7.09. The molecule has 1 aliphatic rings. The third-order valence-corrected chi connectivity index (χ3v) is 7.17. The fourth-order valence-electron chi connectivity index (χ4n) is 2.36. The number of thiophene rings is 1. The van der Waals surface area contributed by atoms with Crippen molar-refractivity contribution in [2.24, 2.45) is 0 Å². The number of rotatable bonds is 2. The second kappa shape index (κ2) is 4.65. The first-order chi connectivity index (χ1) is 9.41. The van der Waals surface area contributed by atoms with E-state index in [0.717, 1.165) is 22.5 Å². The summed E-state index contributed by atoms with van der Waals surface area (Å²) in [5, 5.41) is 0. The Bertz CT molecular complexity index is 764. The van der Waals surface area contributed by atoms with Gasteiger partial charge in [0.25, 0.3) is 10.0 Å². The highest BCUT2D eigenvalue weighted by molar-refractivity contribution is 7.94. The Kier molecular flexibility index (Phi) is 3.19. The van der Waals surface area contributed by atoms with Crippen LogP contribution in [-0.2, 0) is 16.4 Å². The highest BCUT2D eigenvalue weighted by Gasteiger charge is 2.33. The molecule has 2 aromatic rings. The summed E-state index contributed by atoms with van der Waals surface area (Å²) in [4.78, 5) is 0. The number of nitrogen functional groups attached to an aromatic ring is 1. The Morgan fingerprint density at radius 1 is 1.40 bits per heavy atom. The number of para-hydroxylation sites is 1. The van der Waals surface area contributed by atoms with Crippen molar-refractivity contribution < 1.29 is 8.42 Å². The number of hydrogen-bond acceptors (Lipinski definition) is 4. The van der Waals surface area contributed by atoms with Gasteiger partial charge in [0.05, 0.1) is 15.7 Å². The Labute approximate surface area is 126 Å². The maximum atomic E-state index is 12.7. The van der Waals surface area contributed by atoms with Crippen LogP contribution < -0.4 is 10.0 Å². The van der Waals surface area contributed by atoms with Crippen LogP contribution >= 0.6 is 22.9 Å². The highest BCUT2D eigenvalue weighted by Crippen LogP contribution is 2.40. The van der Waals surface area contributed by atoms with Crippen LogP contribution in [0, 0.1) is 6.92 Å². The minimum atomic E-state index is -3.59. The van der Waals surface area contributed by atoms with Crippen molar-refractivity contribution >= 4 is 44.3 Å². The molecule has 0 aliphatic carbocycles. The van der Waals surface area contributed by atoms with Gasteiger partial charge in [0.15, 0.2) is 0 Å². The zero-order valence-corrected chi connectivity index (χ0v) is 13.1. The van der Waals surface area contributed by atoms with E-state index in [1.54, 1.807) is 19.1 Å². The van der Waals surface area contributed by atoms with Crippen molar-refractivity contribution in [3.8, 4) is 0 Å². The van der Waals surface area contributed by atoms with E-state index in [1.165, 1.54) is 4.31 Å². The van der Waals surface area contributed by atoms with Crippen LogP contribution in [0.1, 0.15) is 11.1 Å². The van der Waals surface area contributed by atoms with Crippen LogP contribution in [0.25, 0.3) is 0 Å². The van der Waals surface area contributed by atoms with Gasteiger partial charge < -0.3 is 5.73 Å². The van der Waals surface area contributed by atoms with E-state index in [9.17, 15) is 8.42 Å². The molecule has 0 unspecified atom stereocenters. The third kappa shape index (κ3) is 1.99. The topological polar surface area (TPSA) is 63.4 Å². The summed E-state index contributed by atoms with van der Waals surface area (Å²) < 4.78 is 27.6. The van der Waals surface area contributed by atoms with Gasteiger partial charge in [-0.25, -0.2) is 8.42 Å². The van der Waals surface area contributed by atoms with Crippen LogP contribution in [-0.4, -0.2) is 15.0 Å². The van der Waals surface area contributed by atoms with E-state index in [0.29, 0.717) is 28.7 Å². The third-order valence-electron chi connectivity index (χ3n) is 3.36. The number of nitrogens with zero attached hydrogens (tertiary/aromatic N) is 1. The molecule has 20 heavy (non-hydrogen) atoms. The van der Waals surface area contributed by atoms with Gasteiger partial charge in [0.2, 0.25) is 0 Å². The summed E-state index contributed by atoms with van der Waals surface area (Å²) >= 11 is 7.07. The summed E-state index contributed by atoms with van der Waals surface area (Å²) in [6.45, 7) is 2.21. The van der Waals surface area contributed by atoms with Crippen LogP contribution in [0.15, 0.2) is 28.5 Å². The summed E-state index contributed by atoms with van der Waals surface area (Å²) in [7, 11) is -3.59. The number of benzene rings is 1. The van der Waals surface area contributed by atoms with Crippen molar-refractivity contribution in [2.75, 3.05) is 16.6 Å². The Hall–Kier alpha value is -1.24. The fourth-order valence-corrected chi connectivity index (χ4v) is 5.71. The SMILES string of the molecule is Cc1cc(S(=O)(=O)N2CCc3cccc(N)c32)sc1Cl. The molecule has 1 aromatic carbocycles. The van der Waals surface area contributed by atoms with Crippen molar-refractivity contribution in [3.63, 3.8) is 0 Å². The summed E-state index contributed by atoms with van der Waals surface area (Å²) in [6.07, 6.45) is 0.678. The molecule has 3 rings (SSSR count). The van der Waals surface area contributed by atoms with Gasteiger partial charge in [-0.1, -0.05) is 23.7 Å². The zero-order chi connectivity index (χ0) is 14.5. The van der Waals surface area contributed by atoms with E-state index in [-0.39, 0.29) is 4.21 Å². The lowest BCUT2D eigenvalue weighted by atomic mass is 10.1. The molecule has 0 spiro atoms. The average Bonchev–Trinajstić information content (AvgIpc) is 2.96. The summed E-state index contributed by atoms with van der Waals surface area (Å²) in [5.41, 5.74) is 8.78. The molecule has 0 fully saturated rings. The molecule has 0 radical (unpaired) electrons. The zero-order valence-electron chi connectivity index (χ0n) is 10.8. The number of nitrogens with two attached hydrogens (primary N) is 1. The Morgan fingerprint density at radius 3 is 2.80 bits per heavy atom. The highest BCUT2D eigenvalue weighted by atomic mass is 35.5. The standard InChI is InChI=1S/C13H13ClN2O2S2/c1-8-7-11(19-13(8)14)20(17,18)16-6-5-9-3-2-4-10(15)12(9)16/h2-4,7H,5-6,15H2,1H3. The smallest absolute Gasteiger partial charge is 0.273 e. The molecule has 1 aromatic heterocycles. The van der Waals surface area contributed by atoms with Crippen molar-refractivity contribution in [2.45, 2.75) is 17.6 Å². The lowest BCUT2D eigenvalue weighted by Crippen LogP contribution is -2.29. The van der Waals surface area contributed by atoms with Crippen LogP contribution in [0.4, 0.5) is 11.4 Å². The molecule has 0 atom stereocenters. The van der Waals surface area contributed by atoms with E-state index < -0.39 is 10.0 Å². The lowest BCUT2D eigenvalue weighted by Gasteiger charge is -2.19. The first-order valence-corrected chi connectivity index (χ1v) is 8.71. The molecule has 106 valence electrons. The Morgan fingerprint density at radius 2 is 2.15 bits per heavy atom. The maximum Gasteiger partial charge on any atom is 0.273 e. The molecule has 2 heterocycles. The number of anilines is 2. The van der Waals surface area contributed by atoms with Gasteiger partial charge in [-0.3, -0.25) is 4.31 Å². The first kappa shape index (κ1) is 13.7. The number of sulfonamides is 1. The number of hydrogen-bond donors (Lipinski definition) is 1. The second-order valence-electron chi connectivity index (χ2n) is 4.70. The predicted molar refractivity (Wildman–Crippen MR) is 83.2 cm³/mol. The van der Waals surface area contributed by atoms with E-state index in [1.807, 2.05) is 12.1 Å². The number of halogens is 1. The minimum Gasteiger partial charge on any atom is -0.397 e. The van der Waals surface area contributed by atoms with E-state index >= 15 is 0 Å². The van der Waals surface area contributed by atoms with Gasteiger partial charge in [-0.2, -0.15) is 0 Å².